The Morgan fingerprint density at radius 2 is 1.58 bits per heavy atom. The van der Waals surface area contributed by atoms with Crippen LogP contribution in [0.3, 0.4) is 0 Å². The zero-order chi connectivity index (χ0) is 27.9. The second kappa shape index (κ2) is 17.1. The highest BCUT2D eigenvalue weighted by Crippen LogP contribution is 2.41. The van der Waals surface area contributed by atoms with Crippen molar-refractivity contribution in [3.8, 4) is 0 Å². The van der Waals surface area contributed by atoms with Crippen molar-refractivity contribution in [2.75, 3.05) is 7.05 Å². The van der Waals surface area contributed by atoms with Crippen molar-refractivity contribution in [2.24, 2.45) is 15.7 Å². The molecule has 0 aromatic heterocycles. The third-order valence-corrected chi connectivity index (χ3v) is 5.96. The highest BCUT2D eigenvalue weighted by atomic mass is 14.8. The average molecular weight is 494 g/mol. The third-order valence-electron chi connectivity index (χ3n) is 5.96. The Balaban J connectivity index is 0.00000291. The Morgan fingerprint density at radius 1 is 1.00 bits per heavy atom. The van der Waals surface area contributed by atoms with Gasteiger partial charge in [0.1, 0.15) is 0 Å². The molecule has 3 heteroatoms. The molecule has 202 valence electrons. The van der Waals surface area contributed by atoms with E-state index in [1.54, 1.807) is 0 Å². The number of allylic oxidation sites excluding steroid dienone is 6. The van der Waals surface area contributed by atoms with Crippen molar-refractivity contribution in [2.45, 2.75) is 120 Å². The number of benzene rings is 1. The van der Waals surface area contributed by atoms with Gasteiger partial charge in [0.05, 0.1) is 5.54 Å². The smallest absolute Gasteiger partial charge is 0.0524 e. The largest absolute Gasteiger partial charge is 0.402 e. The third kappa shape index (κ3) is 9.91. The van der Waals surface area contributed by atoms with Gasteiger partial charge in [0.15, 0.2) is 0 Å². The van der Waals surface area contributed by atoms with Crippen LogP contribution in [-0.2, 0) is 0 Å². The van der Waals surface area contributed by atoms with Gasteiger partial charge < -0.3 is 5.73 Å². The summed E-state index contributed by atoms with van der Waals surface area (Å²) >= 11 is 0. The van der Waals surface area contributed by atoms with E-state index < -0.39 is 0 Å². The van der Waals surface area contributed by atoms with Crippen molar-refractivity contribution in [3.05, 3.63) is 62.9 Å². The SMILES string of the molecule is CC.CC.CCC/C=C(C1=C(c2c(C)ccc(C)c2C=NC)CCCC1)\C(C=NC(C)(C)C)=C(/C)N. The molecule has 2 N–H and O–H groups in total. The normalized spacial score (nSPS) is 15.4. The number of nitrogens with two attached hydrogens (primary N) is 1. The number of hydrogen-bond acceptors (Lipinski definition) is 3. The minimum absolute atomic E-state index is 0.141. The van der Waals surface area contributed by atoms with Crippen LogP contribution < -0.4 is 5.73 Å². The highest BCUT2D eigenvalue weighted by molar-refractivity contribution is 5.95. The van der Waals surface area contributed by atoms with Gasteiger partial charge in [-0.15, -0.1) is 0 Å². The molecule has 1 aliphatic rings. The van der Waals surface area contributed by atoms with E-state index in [2.05, 4.69) is 64.7 Å². The van der Waals surface area contributed by atoms with Crippen LogP contribution in [0.5, 0.6) is 0 Å². The molecule has 0 spiro atoms. The zero-order valence-electron chi connectivity index (χ0n) is 25.6. The molecule has 0 amide bonds. The minimum Gasteiger partial charge on any atom is -0.402 e. The molecule has 1 aromatic rings. The van der Waals surface area contributed by atoms with Crippen LogP contribution in [0, 0.1) is 13.8 Å². The Morgan fingerprint density at radius 3 is 2.11 bits per heavy atom. The Kier molecular flexibility index (Phi) is 16.0. The van der Waals surface area contributed by atoms with Crippen LogP contribution >= 0.6 is 0 Å². The molecule has 3 nitrogen and oxygen atoms in total. The Bertz CT molecular complexity index is 959. The van der Waals surface area contributed by atoms with Crippen LogP contribution in [0.25, 0.3) is 5.57 Å². The van der Waals surface area contributed by atoms with Crippen LogP contribution in [-0.4, -0.2) is 25.0 Å². The van der Waals surface area contributed by atoms with Crippen molar-refractivity contribution >= 4 is 18.0 Å². The molecule has 0 unspecified atom stereocenters. The summed E-state index contributed by atoms with van der Waals surface area (Å²) < 4.78 is 0. The van der Waals surface area contributed by atoms with Crippen molar-refractivity contribution < 1.29 is 0 Å². The van der Waals surface area contributed by atoms with Crippen LogP contribution in [0.4, 0.5) is 0 Å². The Labute approximate surface area is 223 Å². The van der Waals surface area contributed by atoms with Gasteiger partial charge in [-0.3, -0.25) is 9.98 Å². The number of rotatable bonds is 7. The molecule has 36 heavy (non-hydrogen) atoms. The van der Waals surface area contributed by atoms with Crippen LogP contribution in [0.1, 0.15) is 123 Å². The summed E-state index contributed by atoms with van der Waals surface area (Å²) in [6.45, 7) is 23.0. The van der Waals surface area contributed by atoms with Crippen molar-refractivity contribution in [3.63, 3.8) is 0 Å². The number of nitrogens with zero attached hydrogens (tertiary/aromatic N) is 2. The summed E-state index contributed by atoms with van der Waals surface area (Å²) in [6, 6.07) is 4.45. The summed E-state index contributed by atoms with van der Waals surface area (Å²) in [5.41, 5.74) is 17.6. The lowest BCUT2D eigenvalue weighted by Gasteiger charge is -2.27. The van der Waals surface area contributed by atoms with Crippen LogP contribution in [0.2, 0.25) is 0 Å². The monoisotopic (exact) mass is 493 g/mol. The van der Waals surface area contributed by atoms with E-state index in [-0.39, 0.29) is 5.54 Å². The maximum Gasteiger partial charge on any atom is 0.0524 e. The van der Waals surface area contributed by atoms with Gasteiger partial charge in [-0.05, 0) is 107 Å². The number of aryl methyl sites for hydroxylation is 2. The fraction of sp³-hybridized carbons (Fsp3) is 0.576. The van der Waals surface area contributed by atoms with E-state index in [4.69, 9.17) is 10.7 Å². The fourth-order valence-electron chi connectivity index (χ4n) is 4.33. The first kappa shape index (κ1) is 33.6. The molecule has 0 saturated heterocycles. The topological polar surface area (TPSA) is 50.7 Å². The quantitative estimate of drug-likeness (QED) is 0.298. The molecule has 0 bridgehead atoms. The molecule has 1 aliphatic carbocycles. The summed E-state index contributed by atoms with van der Waals surface area (Å²) in [5, 5.41) is 0. The van der Waals surface area contributed by atoms with E-state index in [1.807, 2.05) is 54.1 Å². The molecule has 0 atom stereocenters. The van der Waals surface area contributed by atoms with Crippen molar-refractivity contribution in [1.82, 2.24) is 0 Å². The molecular weight excluding hydrogens is 438 g/mol. The van der Waals surface area contributed by atoms with E-state index in [0.29, 0.717) is 0 Å². The maximum absolute atomic E-state index is 6.46. The molecule has 0 aliphatic heterocycles. The predicted molar refractivity (Wildman–Crippen MR) is 166 cm³/mol. The van der Waals surface area contributed by atoms with Gasteiger partial charge in [0.2, 0.25) is 0 Å². The molecule has 0 fully saturated rings. The zero-order valence-corrected chi connectivity index (χ0v) is 25.6. The first-order chi connectivity index (χ1) is 17.1. The Hall–Kier alpha value is -2.42. The fourth-order valence-corrected chi connectivity index (χ4v) is 4.33. The summed E-state index contributed by atoms with van der Waals surface area (Å²) in [7, 11) is 1.86. The molecule has 0 radical (unpaired) electrons. The average Bonchev–Trinajstić information content (AvgIpc) is 2.85. The maximum atomic E-state index is 6.46. The second-order valence-electron chi connectivity index (χ2n) is 9.97. The van der Waals surface area contributed by atoms with E-state index >= 15 is 0 Å². The van der Waals surface area contributed by atoms with E-state index in [9.17, 15) is 0 Å². The lowest BCUT2D eigenvalue weighted by Crippen LogP contribution is -2.14. The molecule has 2 rings (SSSR count). The van der Waals surface area contributed by atoms with Crippen LogP contribution in [0.15, 0.2) is 50.6 Å². The van der Waals surface area contributed by atoms with Gasteiger partial charge in [0.25, 0.3) is 0 Å². The standard InChI is InChI=1S/C29H43N3.2C2H6/c1-9-10-13-24(27(22(4)30)19-32-29(5,6)7)23-14-11-12-15-25(23)28-21(3)17-16-20(2)26(28)18-31-8;2*1-2/h13,16-19H,9-12,14-15,30H2,1-8H3;2*1-2H3/b24-13-,27-22+,31-18?,32-19?;;. The van der Waals surface area contributed by atoms with Crippen molar-refractivity contribution in [1.29, 1.82) is 0 Å². The lowest BCUT2D eigenvalue weighted by molar-refractivity contribution is 0.586. The minimum atomic E-state index is -0.141. The van der Waals surface area contributed by atoms with E-state index in [1.165, 1.54) is 51.8 Å². The van der Waals surface area contributed by atoms with Gasteiger partial charge in [-0.1, -0.05) is 59.2 Å². The molecule has 0 heterocycles. The lowest BCUT2D eigenvalue weighted by atomic mass is 9.78. The summed E-state index contributed by atoms with van der Waals surface area (Å²) in [5.74, 6) is 0. The van der Waals surface area contributed by atoms with Gasteiger partial charge in [-0.25, -0.2) is 0 Å². The van der Waals surface area contributed by atoms with Gasteiger partial charge in [0, 0.05) is 36.3 Å². The first-order valence-electron chi connectivity index (χ1n) is 14.1. The summed E-state index contributed by atoms with van der Waals surface area (Å²) in [6.07, 6.45) is 13.1. The number of aliphatic imine (C=N–C) groups is 2. The first-order valence-corrected chi connectivity index (χ1v) is 14.1. The molecule has 0 saturated carbocycles. The number of unbranched alkanes of at least 4 members (excludes halogenated alkanes) is 1. The van der Waals surface area contributed by atoms with Gasteiger partial charge in [-0.2, -0.15) is 0 Å². The predicted octanol–water partition coefficient (Wildman–Crippen LogP) is 9.56. The van der Waals surface area contributed by atoms with Gasteiger partial charge >= 0.3 is 0 Å². The number of hydrogen-bond donors (Lipinski definition) is 1. The highest BCUT2D eigenvalue weighted by Gasteiger charge is 2.23. The summed E-state index contributed by atoms with van der Waals surface area (Å²) in [4.78, 5) is 9.22. The second-order valence-corrected chi connectivity index (χ2v) is 9.97. The van der Waals surface area contributed by atoms with E-state index in [0.717, 1.165) is 37.0 Å². The molecular formula is C33H55N3. The molecule has 1 aromatic carbocycles.